The molecule has 0 aromatic heterocycles. The zero-order valence-electron chi connectivity index (χ0n) is 17.1. The normalized spacial score (nSPS) is 12.9. The summed E-state index contributed by atoms with van der Waals surface area (Å²) in [5.41, 5.74) is 0. The zero-order valence-corrected chi connectivity index (χ0v) is 17.1. The van der Waals surface area contributed by atoms with Crippen molar-refractivity contribution < 1.29 is 14.4 Å². The summed E-state index contributed by atoms with van der Waals surface area (Å²) in [5, 5.41) is 5.04. The fourth-order valence-electron chi connectivity index (χ4n) is 1.72. The van der Waals surface area contributed by atoms with Crippen molar-refractivity contribution in [1.82, 2.24) is 10.6 Å². The van der Waals surface area contributed by atoms with Crippen molar-refractivity contribution in [2.45, 2.75) is 45.6 Å². The van der Waals surface area contributed by atoms with Crippen molar-refractivity contribution in [3.05, 3.63) is 0 Å². The van der Waals surface area contributed by atoms with E-state index in [0.29, 0.717) is 12.5 Å². The molecule has 27 heavy (non-hydrogen) atoms. The highest BCUT2D eigenvalue weighted by atomic mass is 16.6. The van der Waals surface area contributed by atoms with E-state index in [1.54, 1.807) is 14.1 Å². The first-order valence-electron chi connectivity index (χ1n) is 9.06. The highest BCUT2D eigenvalue weighted by molar-refractivity contribution is 5.79. The molecule has 9 heteroatoms. The van der Waals surface area contributed by atoms with Crippen molar-refractivity contribution in [2.75, 3.05) is 33.7 Å². The van der Waals surface area contributed by atoms with E-state index >= 15 is 0 Å². The number of nitrogens with two attached hydrogens (primary N) is 1. The molecule has 0 radical (unpaired) electrons. The second-order valence-electron chi connectivity index (χ2n) is 6.01. The molecule has 9 nitrogen and oxygen atoms in total. The van der Waals surface area contributed by atoms with Crippen molar-refractivity contribution in [1.29, 1.82) is 0 Å². The van der Waals surface area contributed by atoms with Gasteiger partial charge in [0.2, 0.25) is 11.8 Å². The molecule has 0 saturated carbocycles. The van der Waals surface area contributed by atoms with Crippen LogP contribution < -0.4 is 16.5 Å². The van der Waals surface area contributed by atoms with Crippen LogP contribution in [0.4, 0.5) is 0 Å². The van der Waals surface area contributed by atoms with Crippen LogP contribution in [0.2, 0.25) is 0 Å². The van der Waals surface area contributed by atoms with Gasteiger partial charge in [0.1, 0.15) is 13.1 Å². The molecule has 0 bridgehead atoms. The minimum atomic E-state index is -0.0679. The molecule has 0 heterocycles. The van der Waals surface area contributed by atoms with Crippen LogP contribution in [-0.4, -0.2) is 70.8 Å². The molecule has 0 spiro atoms. The molecule has 1 atom stereocenters. The molecule has 2 amide bonds. The van der Waals surface area contributed by atoms with Crippen LogP contribution in [0.15, 0.2) is 15.0 Å². The molecular formula is C18H36N6O3. The smallest absolute Gasteiger partial charge is 0.241 e. The Labute approximate surface area is 162 Å². The van der Waals surface area contributed by atoms with Crippen LogP contribution >= 0.6 is 0 Å². The molecule has 0 aromatic rings. The summed E-state index contributed by atoms with van der Waals surface area (Å²) in [6, 6.07) is 0. The molecule has 0 aromatic carbocycles. The van der Waals surface area contributed by atoms with Gasteiger partial charge in [-0.2, -0.15) is 0 Å². The average Bonchev–Trinajstić information content (AvgIpc) is 2.67. The van der Waals surface area contributed by atoms with Crippen molar-refractivity contribution >= 4 is 31.0 Å². The summed E-state index contributed by atoms with van der Waals surface area (Å²) in [7, 11) is 3.21. The van der Waals surface area contributed by atoms with E-state index < -0.39 is 0 Å². The SMILES string of the molecule is C=NCC(C)ON.CNC(=O)CN=CCCC(C)CCC=NCC(=O)NC. The fourth-order valence-corrected chi connectivity index (χ4v) is 1.72. The van der Waals surface area contributed by atoms with E-state index in [-0.39, 0.29) is 31.0 Å². The maximum Gasteiger partial charge on any atom is 0.241 e. The number of carbonyl (C=O) groups is 2. The van der Waals surface area contributed by atoms with Gasteiger partial charge in [0.05, 0.1) is 12.6 Å². The number of hydrogen-bond acceptors (Lipinski definition) is 7. The summed E-state index contributed by atoms with van der Waals surface area (Å²) in [5.74, 6) is 5.21. The summed E-state index contributed by atoms with van der Waals surface area (Å²) >= 11 is 0. The quantitative estimate of drug-likeness (QED) is 0.320. The average molecular weight is 385 g/mol. The van der Waals surface area contributed by atoms with Crippen molar-refractivity contribution in [2.24, 2.45) is 26.8 Å². The second kappa shape index (κ2) is 20.2. The molecule has 156 valence electrons. The lowest BCUT2D eigenvalue weighted by atomic mass is 10.0. The van der Waals surface area contributed by atoms with E-state index in [2.05, 4.69) is 44.1 Å². The highest BCUT2D eigenvalue weighted by Crippen LogP contribution is 2.10. The third-order valence-electron chi connectivity index (χ3n) is 3.48. The number of nitrogens with zero attached hydrogens (tertiary/aromatic N) is 3. The lowest BCUT2D eigenvalue weighted by Crippen LogP contribution is -2.20. The number of aliphatic imine (C=N–C) groups is 3. The summed E-state index contributed by atoms with van der Waals surface area (Å²) in [6.07, 6.45) is 7.47. The molecule has 0 saturated heterocycles. The lowest BCUT2D eigenvalue weighted by molar-refractivity contribution is -0.120. The standard InChI is InChI=1S/C14H26N4O2.C4H10N2O/c1-12(6-4-8-17-10-13(19)15-2)7-5-9-18-11-14(20)16-3;1-4(7-5)3-6-2/h8-9,12H,4-7,10-11H2,1-3H3,(H,15,19)(H,16,20);4H,2-3,5H2,1H3. The number of hydrogen-bond donors (Lipinski definition) is 3. The summed E-state index contributed by atoms with van der Waals surface area (Å²) < 4.78 is 0. The van der Waals surface area contributed by atoms with Gasteiger partial charge in [0.25, 0.3) is 0 Å². The summed E-state index contributed by atoms with van der Waals surface area (Å²) in [4.78, 5) is 37.8. The minimum Gasteiger partial charge on any atom is -0.358 e. The van der Waals surface area contributed by atoms with Crippen LogP contribution in [0.3, 0.4) is 0 Å². The predicted octanol–water partition coefficient (Wildman–Crippen LogP) is 0.782. The third-order valence-corrected chi connectivity index (χ3v) is 3.48. The topological polar surface area (TPSA) is 131 Å². The monoisotopic (exact) mass is 384 g/mol. The first kappa shape index (κ1) is 27.1. The van der Waals surface area contributed by atoms with E-state index in [0.717, 1.165) is 25.7 Å². The van der Waals surface area contributed by atoms with Gasteiger partial charge in [-0.25, -0.2) is 5.90 Å². The Hall–Kier alpha value is -2.13. The number of nitrogens with one attached hydrogen (secondary N) is 2. The number of likely N-dealkylation sites (N-methyl/N-ethyl adjacent to an activating group) is 2. The zero-order chi connectivity index (χ0) is 20.9. The maximum atomic E-state index is 10.9. The Morgan fingerprint density at radius 3 is 1.78 bits per heavy atom. The number of carbonyl (C=O) groups excluding carboxylic acids is 2. The van der Waals surface area contributed by atoms with Gasteiger partial charge in [-0.1, -0.05) is 6.92 Å². The minimum absolute atomic E-state index is 0.00231. The maximum absolute atomic E-state index is 10.9. The number of amides is 2. The number of rotatable bonds is 13. The van der Waals surface area contributed by atoms with Gasteiger partial charge in [-0.3, -0.25) is 29.4 Å². The van der Waals surface area contributed by atoms with E-state index in [4.69, 9.17) is 5.90 Å². The molecule has 0 aliphatic heterocycles. The van der Waals surface area contributed by atoms with Crippen molar-refractivity contribution in [3.63, 3.8) is 0 Å². The van der Waals surface area contributed by atoms with Gasteiger partial charge >= 0.3 is 0 Å². The Balaban J connectivity index is 0. The third kappa shape index (κ3) is 21.8. The molecule has 0 aliphatic rings. The van der Waals surface area contributed by atoms with Crippen molar-refractivity contribution in [3.8, 4) is 0 Å². The molecule has 4 N–H and O–H groups in total. The van der Waals surface area contributed by atoms with E-state index in [1.807, 2.05) is 19.4 Å². The Morgan fingerprint density at radius 2 is 1.48 bits per heavy atom. The molecule has 0 fully saturated rings. The Bertz CT molecular complexity index is 422. The lowest BCUT2D eigenvalue weighted by Gasteiger charge is -2.06. The highest BCUT2D eigenvalue weighted by Gasteiger charge is 2.00. The van der Waals surface area contributed by atoms with E-state index in [1.165, 1.54) is 0 Å². The van der Waals surface area contributed by atoms with Crippen LogP contribution in [0.1, 0.15) is 39.5 Å². The first-order chi connectivity index (χ1) is 12.9. The van der Waals surface area contributed by atoms with Crippen LogP contribution in [0.5, 0.6) is 0 Å². The predicted molar refractivity (Wildman–Crippen MR) is 112 cm³/mol. The largest absolute Gasteiger partial charge is 0.358 e. The molecule has 0 aliphatic carbocycles. The van der Waals surface area contributed by atoms with Crippen LogP contribution in [0, 0.1) is 5.92 Å². The molecule has 0 rings (SSSR count). The summed E-state index contributed by atoms with van der Waals surface area (Å²) in [6.45, 7) is 8.25. The first-order valence-corrected chi connectivity index (χ1v) is 9.06. The van der Waals surface area contributed by atoms with Gasteiger partial charge in [-0.15, -0.1) is 0 Å². The fraction of sp³-hybridized carbons (Fsp3) is 0.722. The van der Waals surface area contributed by atoms with Gasteiger partial charge in [0.15, 0.2) is 0 Å². The van der Waals surface area contributed by atoms with E-state index in [9.17, 15) is 9.59 Å². The Morgan fingerprint density at radius 1 is 1.04 bits per heavy atom. The van der Waals surface area contributed by atoms with Crippen LogP contribution in [-0.2, 0) is 14.4 Å². The van der Waals surface area contributed by atoms with Gasteiger partial charge in [-0.05, 0) is 57.7 Å². The van der Waals surface area contributed by atoms with Gasteiger partial charge in [0, 0.05) is 14.1 Å². The Kier molecular flexibility index (Phi) is 20.3. The molecular weight excluding hydrogens is 348 g/mol. The molecule has 1 unspecified atom stereocenters. The van der Waals surface area contributed by atoms with Gasteiger partial charge < -0.3 is 10.6 Å². The van der Waals surface area contributed by atoms with Crippen LogP contribution in [0.25, 0.3) is 0 Å². The second-order valence-corrected chi connectivity index (χ2v) is 6.01.